The fourth-order valence-corrected chi connectivity index (χ4v) is 0.351. The van der Waals surface area contributed by atoms with Crippen molar-refractivity contribution in [2.24, 2.45) is 43.3 Å². The Morgan fingerprint density at radius 3 is 1.10 bits per heavy atom. The van der Waals surface area contributed by atoms with Gasteiger partial charge in [0.2, 0.25) is 11.9 Å². The van der Waals surface area contributed by atoms with E-state index in [4.69, 9.17) is 33.1 Å². The lowest BCUT2D eigenvalue weighted by Gasteiger charge is -1.87. The van der Waals surface area contributed by atoms with Crippen LogP contribution in [-0.4, -0.2) is 45.5 Å². The highest BCUT2D eigenvalue weighted by Gasteiger charge is 1.99. The molecule has 0 aromatic rings. The number of nitrogens with zero attached hydrogens (tertiary/aromatic N) is 4. The molecule has 0 aromatic heterocycles. The van der Waals surface area contributed by atoms with E-state index in [2.05, 4.69) is 20.4 Å². The molecule has 0 fully saturated rings. The van der Waals surface area contributed by atoms with E-state index in [-0.39, 0.29) is 23.3 Å². The molecule has 112 valence electrons. The molecule has 20 heavy (non-hydrogen) atoms. The zero-order valence-electron chi connectivity index (χ0n) is 10.8. The molecule has 12 heteroatoms. The number of carboxylic acids is 2. The van der Waals surface area contributed by atoms with Crippen LogP contribution in [0, 0.1) is 0 Å². The number of carbonyl (C=O) groups is 2. The van der Waals surface area contributed by atoms with E-state index >= 15 is 0 Å². The molecule has 0 rings (SSSR count). The average Bonchev–Trinajstić information content (AvgIpc) is 2.33. The summed E-state index contributed by atoms with van der Waals surface area (Å²) < 4.78 is 0. The first-order valence-corrected chi connectivity index (χ1v) is 4.80. The van der Waals surface area contributed by atoms with Gasteiger partial charge in [0.05, 0.1) is 0 Å². The maximum absolute atomic E-state index is 10.0. The summed E-state index contributed by atoms with van der Waals surface area (Å²) in [6.45, 7) is 2.57. The van der Waals surface area contributed by atoms with Gasteiger partial charge in [0.1, 0.15) is 11.4 Å². The Labute approximate surface area is 113 Å². The Morgan fingerprint density at radius 1 is 0.700 bits per heavy atom. The molecule has 10 N–H and O–H groups in total. The van der Waals surface area contributed by atoms with Crippen LogP contribution in [0.5, 0.6) is 0 Å². The van der Waals surface area contributed by atoms with Crippen molar-refractivity contribution in [3.8, 4) is 0 Å². The van der Waals surface area contributed by atoms with Crippen LogP contribution >= 0.6 is 0 Å². The first kappa shape index (κ1) is 19.2. The van der Waals surface area contributed by atoms with E-state index in [1.165, 1.54) is 13.8 Å². The molecule has 0 radical (unpaired) electrons. The Balaban J connectivity index is 0. The molecule has 0 atom stereocenters. The molecule has 0 aliphatic carbocycles. The monoisotopic (exact) mass is 288 g/mol. The van der Waals surface area contributed by atoms with E-state index in [9.17, 15) is 9.59 Å². The van der Waals surface area contributed by atoms with E-state index in [0.717, 1.165) is 0 Å². The van der Waals surface area contributed by atoms with Crippen LogP contribution < -0.4 is 22.9 Å². The third kappa shape index (κ3) is 12.9. The van der Waals surface area contributed by atoms with Crippen LogP contribution in [0.2, 0.25) is 0 Å². The van der Waals surface area contributed by atoms with Crippen LogP contribution in [-0.2, 0) is 9.59 Å². The van der Waals surface area contributed by atoms with Crippen molar-refractivity contribution in [3.05, 3.63) is 0 Å². The van der Waals surface area contributed by atoms with Gasteiger partial charge >= 0.3 is 11.9 Å². The van der Waals surface area contributed by atoms with Crippen LogP contribution in [0.3, 0.4) is 0 Å². The number of aliphatic carboxylic acids is 2. The molecule has 0 heterocycles. The molecule has 0 unspecified atom stereocenters. The number of hydrogen-bond acceptors (Lipinski definition) is 6. The van der Waals surface area contributed by atoms with Gasteiger partial charge < -0.3 is 33.1 Å². The molecule has 0 aliphatic heterocycles. The SMILES string of the molecule is C/C(=N/N=C(N)N)C(=O)O.C/C(=N/N=C(N)N)C(=O)O. The number of hydrogen-bond donors (Lipinski definition) is 6. The van der Waals surface area contributed by atoms with Gasteiger partial charge in [0.25, 0.3) is 0 Å². The predicted molar refractivity (Wildman–Crippen MR) is 73.1 cm³/mol. The van der Waals surface area contributed by atoms with Gasteiger partial charge in [-0.25, -0.2) is 9.59 Å². The van der Waals surface area contributed by atoms with Gasteiger partial charge in [-0.3, -0.25) is 0 Å². The number of guanidine groups is 2. The Morgan fingerprint density at radius 2 is 0.950 bits per heavy atom. The average molecular weight is 288 g/mol. The standard InChI is InChI=1S/2C4H8N4O2/c2*1-2(3(9)10)7-8-4(5)6/h2*1H3,(H,9,10)(H4,5,6,8)/b2*7-2-. The van der Waals surface area contributed by atoms with Crippen molar-refractivity contribution in [1.82, 2.24) is 0 Å². The highest BCUT2D eigenvalue weighted by molar-refractivity contribution is 6.34. The third-order valence-corrected chi connectivity index (χ3v) is 1.25. The van der Waals surface area contributed by atoms with Gasteiger partial charge in [-0.15, -0.1) is 20.4 Å². The van der Waals surface area contributed by atoms with Gasteiger partial charge in [-0.1, -0.05) is 0 Å². The molecule has 0 aromatic carbocycles. The highest BCUT2D eigenvalue weighted by Crippen LogP contribution is 1.78. The van der Waals surface area contributed by atoms with Crippen LogP contribution in [0.25, 0.3) is 0 Å². The second-order valence-corrected chi connectivity index (χ2v) is 3.03. The molecule has 0 bridgehead atoms. The van der Waals surface area contributed by atoms with E-state index in [1.807, 2.05) is 0 Å². The Bertz CT molecular complexity index is 427. The quantitative estimate of drug-likeness (QED) is 0.182. The first-order valence-electron chi connectivity index (χ1n) is 4.80. The number of rotatable bonds is 4. The van der Waals surface area contributed by atoms with Crippen molar-refractivity contribution >= 4 is 35.3 Å². The zero-order valence-corrected chi connectivity index (χ0v) is 10.8. The maximum atomic E-state index is 10.0. The van der Waals surface area contributed by atoms with Crippen molar-refractivity contribution in [3.63, 3.8) is 0 Å². The van der Waals surface area contributed by atoms with E-state index in [1.54, 1.807) is 0 Å². The summed E-state index contributed by atoms with van der Waals surface area (Å²) in [5, 5.41) is 29.0. The first-order chi connectivity index (χ1) is 9.07. The highest BCUT2D eigenvalue weighted by atomic mass is 16.4. The molecule has 12 nitrogen and oxygen atoms in total. The van der Waals surface area contributed by atoms with Crippen molar-refractivity contribution in [2.75, 3.05) is 0 Å². The summed E-state index contributed by atoms with van der Waals surface area (Å²) >= 11 is 0. The Kier molecular flexibility index (Phi) is 9.40. The minimum Gasteiger partial charge on any atom is -0.477 e. The topological polar surface area (TPSA) is 228 Å². The normalized spacial score (nSPS) is 10.7. The summed E-state index contributed by atoms with van der Waals surface area (Å²) in [4.78, 5) is 20.1. The van der Waals surface area contributed by atoms with E-state index in [0.29, 0.717) is 0 Å². The fraction of sp³-hybridized carbons (Fsp3) is 0.250. The van der Waals surface area contributed by atoms with Gasteiger partial charge in [0, 0.05) is 0 Å². The summed E-state index contributed by atoms with van der Waals surface area (Å²) in [6, 6.07) is 0. The molecular formula is C8H16N8O4. The van der Waals surface area contributed by atoms with Crippen molar-refractivity contribution < 1.29 is 19.8 Å². The molecule has 0 aliphatic rings. The summed E-state index contributed by atoms with van der Waals surface area (Å²) in [6.07, 6.45) is 0. The lowest BCUT2D eigenvalue weighted by atomic mass is 10.4. The summed E-state index contributed by atoms with van der Waals surface area (Å²) in [5.74, 6) is -2.82. The molecule has 0 amide bonds. The van der Waals surface area contributed by atoms with Gasteiger partial charge in [-0.05, 0) is 13.8 Å². The summed E-state index contributed by atoms with van der Waals surface area (Å²) in [5.41, 5.74) is 19.2. The molecular weight excluding hydrogens is 272 g/mol. The zero-order chi connectivity index (χ0) is 16.3. The molecule has 0 spiro atoms. The minimum absolute atomic E-state index is 0.159. The second kappa shape index (κ2) is 9.81. The summed E-state index contributed by atoms with van der Waals surface area (Å²) in [7, 11) is 0. The molecule has 0 saturated heterocycles. The second-order valence-electron chi connectivity index (χ2n) is 3.03. The number of nitrogens with two attached hydrogens (primary N) is 4. The van der Waals surface area contributed by atoms with E-state index < -0.39 is 11.9 Å². The largest absolute Gasteiger partial charge is 0.477 e. The smallest absolute Gasteiger partial charge is 0.351 e. The van der Waals surface area contributed by atoms with Gasteiger partial charge in [0.15, 0.2) is 0 Å². The molecule has 0 saturated carbocycles. The van der Waals surface area contributed by atoms with Crippen molar-refractivity contribution in [2.45, 2.75) is 13.8 Å². The van der Waals surface area contributed by atoms with Crippen LogP contribution in [0.15, 0.2) is 20.4 Å². The van der Waals surface area contributed by atoms with Gasteiger partial charge in [-0.2, -0.15) is 0 Å². The predicted octanol–water partition coefficient (Wildman–Crippen LogP) is -2.56. The van der Waals surface area contributed by atoms with Crippen LogP contribution in [0.4, 0.5) is 0 Å². The Hall–Kier alpha value is -3.18. The lowest BCUT2D eigenvalue weighted by Crippen LogP contribution is -2.22. The van der Waals surface area contributed by atoms with Crippen LogP contribution in [0.1, 0.15) is 13.8 Å². The number of carboxylic acid groups (broad SMARTS) is 2. The third-order valence-electron chi connectivity index (χ3n) is 1.25. The van der Waals surface area contributed by atoms with Crippen molar-refractivity contribution in [1.29, 1.82) is 0 Å². The maximum Gasteiger partial charge on any atom is 0.351 e. The fourth-order valence-electron chi connectivity index (χ4n) is 0.351. The lowest BCUT2D eigenvalue weighted by molar-refractivity contribution is -0.130. The minimum atomic E-state index is -1.15.